The number of benzene rings is 1. The molecule has 0 spiro atoms. The first-order chi connectivity index (χ1) is 12.3. The molecule has 0 unspecified atom stereocenters. The minimum atomic E-state index is 0.766. The molecule has 2 N–H and O–H groups in total. The number of aliphatic imine (C=N–C) groups is 1. The van der Waals surface area contributed by atoms with Gasteiger partial charge in [-0.25, -0.2) is 0 Å². The molecule has 0 atom stereocenters. The van der Waals surface area contributed by atoms with Crippen molar-refractivity contribution in [1.82, 2.24) is 15.5 Å². The molecule has 1 fully saturated rings. The van der Waals surface area contributed by atoms with Crippen LogP contribution in [-0.2, 0) is 24.4 Å². The van der Waals surface area contributed by atoms with E-state index >= 15 is 0 Å². The molecule has 0 aliphatic carbocycles. The number of nitrogens with one attached hydrogen (secondary N) is 2. The Labute approximate surface area is 153 Å². The van der Waals surface area contributed by atoms with E-state index in [1.807, 2.05) is 0 Å². The molecule has 0 bridgehead atoms. The van der Waals surface area contributed by atoms with Gasteiger partial charge in [-0.15, -0.1) is 11.3 Å². The minimum absolute atomic E-state index is 0.766. The highest BCUT2D eigenvalue weighted by molar-refractivity contribution is 7.09. The van der Waals surface area contributed by atoms with Gasteiger partial charge >= 0.3 is 0 Å². The third kappa shape index (κ3) is 5.85. The number of nitrogens with zero attached hydrogens (tertiary/aromatic N) is 2. The lowest BCUT2D eigenvalue weighted by molar-refractivity contribution is 0.0342. The summed E-state index contributed by atoms with van der Waals surface area (Å²) in [5, 5.41) is 8.79. The van der Waals surface area contributed by atoms with Crippen molar-refractivity contribution in [2.24, 2.45) is 4.99 Å². The van der Waals surface area contributed by atoms with E-state index in [-0.39, 0.29) is 0 Å². The van der Waals surface area contributed by atoms with Gasteiger partial charge in [-0.05, 0) is 22.6 Å². The van der Waals surface area contributed by atoms with Crippen LogP contribution in [0.15, 0.2) is 46.8 Å². The van der Waals surface area contributed by atoms with E-state index < -0.39 is 0 Å². The predicted molar refractivity (Wildman–Crippen MR) is 104 cm³/mol. The number of hydrogen-bond acceptors (Lipinski definition) is 4. The van der Waals surface area contributed by atoms with Crippen LogP contribution in [0.4, 0.5) is 0 Å². The topological polar surface area (TPSA) is 48.9 Å². The van der Waals surface area contributed by atoms with Crippen molar-refractivity contribution in [3.63, 3.8) is 0 Å². The standard InChI is InChI=1S/C19H26N4OS/c1-20-19(22-14-18-3-2-12-25-18)21-13-16-4-6-17(7-5-16)15-23-8-10-24-11-9-23/h2-7,12H,8-11,13-15H2,1H3,(H2,20,21,22). The molecule has 6 heteroatoms. The van der Waals surface area contributed by atoms with Crippen LogP contribution in [0, 0.1) is 0 Å². The second-order valence-electron chi connectivity index (χ2n) is 6.06. The van der Waals surface area contributed by atoms with Crippen molar-refractivity contribution in [3.8, 4) is 0 Å². The molecular weight excluding hydrogens is 332 g/mol. The summed E-state index contributed by atoms with van der Waals surface area (Å²) >= 11 is 1.75. The zero-order valence-electron chi connectivity index (χ0n) is 14.7. The van der Waals surface area contributed by atoms with E-state index in [2.05, 4.69) is 62.3 Å². The molecular formula is C19H26N4OS. The average molecular weight is 359 g/mol. The second-order valence-corrected chi connectivity index (χ2v) is 7.10. The van der Waals surface area contributed by atoms with Gasteiger partial charge in [0.2, 0.25) is 0 Å². The van der Waals surface area contributed by atoms with E-state index in [0.717, 1.165) is 51.9 Å². The smallest absolute Gasteiger partial charge is 0.191 e. The Bertz CT molecular complexity index is 649. The highest BCUT2D eigenvalue weighted by atomic mass is 32.1. The van der Waals surface area contributed by atoms with Crippen LogP contribution in [0.1, 0.15) is 16.0 Å². The average Bonchev–Trinajstić information content (AvgIpc) is 3.18. The van der Waals surface area contributed by atoms with E-state index in [4.69, 9.17) is 4.74 Å². The molecule has 0 amide bonds. The van der Waals surface area contributed by atoms with Gasteiger partial charge in [0.15, 0.2) is 5.96 Å². The van der Waals surface area contributed by atoms with Gasteiger partial charge in [-0.2, -0.15) is 0 Å². The van der Waals surface area contributed by atoms with Crippen molar-refractivity contribution < 1.29 is 4.74 Å². The van der Waals surface area contributed by atoms with Gasteiger partial charge in [-0.1, -0.05) is 30.3 Å². The summed E-state index contributed by atoms with van der Waals surface area (Å²) in [6, 6.07) is 13.0. The maximum atomic E-state index is 5.40. The van der Waals surface area contributed by atoms with Gasteiger partial charge in [0.05, 0.1) is 19.8 Å². The van der Waals surface area contributed by atoms with Gasteiger partial charge < -0.3 is 15.4 Å². The van der Waals surface area contributed by atoms with E-state index in [9.17, 15) is 0 Å². The zero-order valence-corrected chi connectivity index (χ0v) is 15.5. The molecule has 1 saturated heterocycles. The van der Waals surface area contributed by atoms with Crippen LogP contribution >= 0.6 is 11.3 Å². The van der Waals surface area contributed by atoms with Crippen LogP contribution < -0.4 is 10.6 Å². The first-order valence-electron chi connectivity index (χ1n) is 8.68. The van der Waals surface area contributed by atoms with Crippen LogP contribution in [0.5, 0.6) is 0 Å². The van der Waals surface area contributed by atoms with Crippen LogP contribution in [-0.4, -0.2) is 44.2 Å². The van der Waals surface area contributed by atoms with Crippen LogP contribution in [0.2, 0.25) is 0 Å². The Morgan fingerprint density at radius 2 is 1.80 bits per heavy atom. The van der Waals surface area contributed by atoms with Gasteiger partial charge in [-0.3, -0.25) is 9.89 Å². The van der Waals surface area contributed by atoms with Gasteiger partial charge in [0, 0.05) is 38.1 Å². The Hall–Kier alpha value is -1.89. The molecule has 1 aliphatic rings. The fourth-order valence-corrected chi connectivity index (χ4v) is 3.41. The summed E-state index contributed by atoms with van der Waals surface area (Å²) in [6.07, 6.45) is 0. The second kappa shape index (κ2) is 9.56. The number of guanidine groups is 1. The normalized spacial score (nSPS) is 16.0. The highest BCUT2D eigenvalue weighted by Gasteiger charge is 2.10. The summed E-state index contributed by atoms with van der Waals surface area (Å²) in [4.78, 5) is 8.02. The fraction of sp³-hybridized carbons (Fsp3) is 0.421. The predicted octanol–water partition coefficient (Wildman–Crippen LogP) is 2.45. The van der Waals surface area contributed by atoms with Crippen molar-refractivity contribution in [2.75, 3.05) is 33.4 Å². The first-order valence-corrected chi connectivity index (χ1v) is 9.56. The number of thiophene rings is 1. The summed E-state index contributed by atoms with van der Waals surface area (Å²) < 4.78 is 5.40. The Morgan fingerprint density at radius 1 is 1.08 bits per heavy atom. The molecule has 1 aromatic carbocycles. The number of morpholine rings is 1. The van der Waals surface area contributed by atoms with E-state index in [1.165, 1.54) is 16.0 Å². The third-order valence-electron chi connectivity index (χ3n) is 4.23. The Morgan fingerprint density at radius 3 is 2.48 bits per heavy atom. The lowest BCUT2D eigenvalue weighted by Gasteiger charge is -2.26. The summed E-state index contributed by atoms with van der Waals surface area (Å²) in [5.74, 6) is 0.825. The fourth-order valence-electron chi connectivity index (χ4n) is 2.77. The Kier molecular flexibility index (Phi) is 6.85. The zero-order chi connectivity index (χ0) is 17.3. The van der Waals surface area contributed by atoms with Gasteiger partial charge in [0.1, 0.15) is 0 Å². The van der Waals surface area contributed by atoms with Gasteiger partial charge in [0.25, 0.3) is 0 Å². The molecule has 2 aromatic rings. The molecule has 5 nitrogen and oxygen atoms in total. The molecule has 0 radical (unpaired) electrons. The monoisotopic (exact) mass is 358 g/mol. The summed E-state index contributed by atoms with van der Waals surface area (Å²) in [6.45, 7) is 6.31. The van der Waals surface area contributed by atoms with Crippen molar-refractivity contribution in [2.45, 2.75) is 19.6 Å². The third-order valence-corrected chi connectivity index (χ3v) is 5.10. The molecule has 0 saturated carbocycles. The lowest BCUT2D eigenvalue weighted by Crippen LogP contribution is -2.36. The summed E-state index contributed by atoms with van der Waals surface area (Å²) in [7, 11) is 1.80. The maximum Gasteiger partial charge on any atom is 0.191 e. The van der Waals surface area contributed by atoms with Crippen molar-refractivity contribution in [1.29, 1.82) is 0 Å². The van der Waals surface area contributed by atoms with Crippen molar-refractivity contribution in [3.05, 3.63) is 57.8 Å². The van der Waals surface area contributed by atoms with E-state index in [1.54, 1.807) is 18.4 Å². The molecule has 1 aliphatic heterocycles. The largest absolute Gasteiger partial charge is 0.379 e. The molecule has 134 valence electrons. The first kappa shape index (κ1) is 17.9. The molecule has 2 heterocycles. The van der Waals surface area contributed by atoms with Crippen molar-refractivity contribution >= 4 is 17.3 Å². The van der Waals surface area contributed by atoms with Crippen LogP contribution in [0.25, 0.3) is 0 Å². The molecule has 3 rings (SSSR count). The SMILES string of the molecule is CN=C(NCc1ccc(CN2CCOCC2)cc1)NCc1cccs1. The number of rotatable bonds is 6. The number of ether oxygens (including phenoxy) is 1. The maximum absolute atomic E-state index is 5.40. The highest BCUT2D eigenvalue weighted by Crippen LogP contribution is 2.10. The van der Waals surface area contributed by atoms with E-state index in [0.29, 0.717) is 0 Å². The van der Waals surface area contributed by atoms with Crippen LogP contribution in [0.3, 0.4) is 0 Å². The summed E-state index contributed by atoms with van der Waals surface area (Å²) in [5.41, 5.74) is 2.61. The molecule has 25 heavy (non-hydrogen) atoms. The quantitative estimate of drug-likeness (QED) is 0.615. The molecule has 1 aromatic heterocycles. The Balaban J connectivity index is 1.44. The minimum Gasteiger partial charge on any atom is -0.379 e. The number of hydrogen-bond donors (Lipinski definition) is 2. The lowest BCUT2D eigenvalue weighted by atomic mass is 10.1.